The van der Waals surface area contributed by atoms with Crippen LogP contribution in [0, 0.1) is 0 Å². The molecule has 1 aliphatic rings. The summed E-state index contributed by atoms with van der Waals surface area (Å²) in [6, 6.07) is 20.0. The molecule has 1 N–H and O–H groups in total. The summed E-state index contributed by atoms with van der Waals surface area (Å²) in [5.74, 6) is -1.36. The molecule has 158 valence electrons. The van der Waals surface area contributed by atoms with E-state index in [4.69, 9.17) is 0 Å². The van der Waals surface area contributed by atoms with Gasteiger partial charge in [-0.1, -0.05) is 40.2 Å². The maximum atomic E-state index is 13.1. The number of nitrogens with zero attached hydrogens (tertiary/aromatic N) is 2. The van der Waals surface area contributed by atoms with Crippen LogP contribution in [0.2, 0.25) is 0 Å². The predicted octanol–water partition coefficient (Wildman–Crippen LogP) is 5.24. The van der Waals surface area contributed by atoms with E-state index in [1.54, 1.807) is 24.3 Å². The van der Waals surface area contributed by atoms with Crippen molar-refractivity contribution in [1.29, 1.82) is 0 Å². The van der Waals surface area contributed by atoms with Gasteiger partial charge in [0.15, 0.2) is 0 Å². The van der Waals surface area contributed by atoms with Gasteiger partial charge in [0, 0.05) is 32.8 Å². The summed E-state index contributed by atoms with van der Waals surface area (Å²) >= 11 is 3.34. The first-order valence-corrected chi connectivity index (χ1v) is 10.9. The van der Waals surface area contributed by atoms with E-state index in [2.05, 4.69) is 44.9 Å². The highest BCUT2D eigenvalue weighted by Gasteiger charge is 2.36. The first-order valence-electron chi connectivity index (χ1n) is 10.2. The summed E-state index contributed by atoms with van der Waals surface area (Å²) in [5, 5.41) is 4.42. The number of hydrogen-bond acceptors (Lipinski definition) is 3. The highest BCUT2D eigenvalue weighted by atomic mass is 79.9. The lowest BCUT2D eigenvalue weighted by Gasteiger charge is -2.26. The number of barbiturate groups is 1. The van der Waals surface area contributed by atoms with Gasteiger partial charge in [-0.15, -0.1) is 0 Å². The number of para-hydroxylation sites is 1. The number of rotatable bonds is 3. The summed E-state index contributed by atoms with van der Waals surface area (Å²) in [4.78, 5) is 39.0. The van der Waals surface area contributed by atoms with Gasteiger partial charge in [0.1, 0.15) is 5.57 Å². The van der Waals surface area contributed by atoms with E-state index in [-0.39, 0.29) is 5.57 Å². The zero-order chi connectivity index (χ0) is 22.4. The molecule has 0 atom stereocenters. The molecule has 1 saturated heterocycles. The van der Waals surface area contributed by atoms with Crippen molar-refractivity contribution in [2.45, 2.75) is 13.5 Å². The Morgan fingerprint density at radius 3 is 2.38 bits per heavy atom. The van der Waals surface area contributed by atoms with Crippen LogP contribution < -0.4 is 10.2 Å². The Morgan fingerprint density at radius 2 is 1.62 bits per heavy atom. The molecule has 0 bridgehead atoms. The Bertz CT molecular complexity index is 1450. The molecule has 4 aromatic rings. The van der Waals surface area contributed by atoms with Gasteiger partial charge in [0.25, 0.3) is 11.8 Å². The number of urea groups is 1. The first-order chi connectivity index (χ1) is 15.5. The van der Waals surface area contributed by atoms with Crippen LogP contribution in [0.25, 0.3) is 27.9 Å². The van der Waals surface area contributed by atoms with E-state index in [1.165, 1.54) is 6.08 Å². The molecule has 1 fully saturated rings. The maximum absolute atomic E-state index is 13.1. The van der Waals surface area contributed by atoms with Crippen molar-refractivity contribution in [3.63, 3.8) is 0 Å². The van der Waals surface area contributed by atoms with E-state index in [0.717, 1.165) is 37.7 Å². The maximum Gasteiger partial charge on any atom is 0.335 e. The molecule has 4 amide bonds. The molecule has 0 aliphatic carbocycles. The van der Waals surface area contributed by atoms with Crippen molar-refractivity contribution >= 4 is 67.3 Å². The van der Waals surface area contributed by atoms with Gasteiger partial charge in [-0.3, -0.25) is 14.9 Å². The lowest BCUT2D eigenvalue weighted by atomic mass is 10.0. The lowest BCUT2D eigenvalue weighted by Crippen LogP contribution is -2.54. The van der Waals surface area contributed by atoms with E-state index in [1.807, 2.05) is 30.3 Å². The average Bonchev–Trinajstić information content (AvgIpc) is 3.11. The number of benzene rings is 3. The van der Waals surface area contributed by atoms with E-state index < -0.39 is 17.8 Å². The predicted molar refractivity (Wildman–Crippen MR) is 128 cm³/mol. The van der Waals surface area contributed by atoms with Crippen LogP contribution in [-0.2, 0) is 16.1 Å². The Kier molecular flexibility index (Phi) is 4.90. The van der Waals surface area contributed by atoms with E-state index in [9.17, 15) is 14.4 Å². The van der Waals surface area contributed by atoms with Crippen LogP contribution in [-0.4, -0.2) is 22.4 Å². The Morgan fingerprint density at radius 1 is 0.906 bits per heavy atom. The van der Waals surface area contributed by atoms with Gasteiger partial charge >= 0.3 is 6.03 Å². The number of anilines is 1. The van der Waals surface area contributed by atoms with Crippen molar-refractivity contribution in [3.05, 3.63) is 82.3 Å². The number of amides is 4. The number of hydrogen-bond donors (Lipinski definition) is 1. The third kappa shape index (κ3) is 3.22. The van der Waals surface area contributed by atoms with Crippen LogP contribution in [0.1, 0.15) is 12.5 Å². The molecule has 1 aliphatic heterocycles. The van der Waals surface area contributed by atoms with Crippen molar-refractivity contribution in [2.75, 3.05) is 4.90 Å². The molecule has 0 unspecified atom stereocenters. The van der Waals surface area contributed by atoms with Crippen molar-refractivity contribution in [3.8, 4) is 0 Å². The number of aromatic nitrogens is 1. The van der Waals surface area contributed by atoms with Crippen LogP contribution in [0.3, 0.4) is 0 Å². The molecule has 3 aromatic carbocycles. The first kappa shape index (κ1) is 20.2. The van der Waals surface area contributed by atoms with E-state index >= 15 is 0 Å². The zero-order valence-corrected chi connectivity index (χ0v) is 18.7. The van der Waals surface area contributed by atoms with Gasteiger partial charge in [0.05, 0.1) is 5.69 Å². The summed E-state index contributed by atoms with van der Waals surface area (Å²) in [6.45, 7) is 2.93. The van der Waals surface area contributed by atoms with Gasteiger partial charge in [-0.25, -0.2) is 9.69 Å². The third-order valence-corrected chi connectivity index (χ3v) is 6.14. The molecule has 2 heterocycles. The average molecular weight is 488 g/mol. The second-order valence-corrected chi connectivity index (χ2v) is 8.39. The van der Waals surface area contributed by atoms with Crippen LogP contribution in [0.15, 0.2) is 76.8 Å². The number of nitrogens with one attached hydrogen (secondary N) is 1. The van der Waals surface area contributed by atoms with Crippen LogP contribution in [0.5, 0.6) is 0 Å². The zero-order valence-electron chi connectivity index (χ0n) is 17.1. The minimum absolute atomic E-state index is 0.0916. The highest BCUT2D eigenvalue weighted by molar-refractivity contribution is 9.10. The van der Waals surface area contributed by atoms with Crippen molar-refractivity contribution in [2.24, 2.45) is 0 Å². The number of halogens is 1. The summed E-state index contributed by atoms with van der Waals surface area (Å²) in [7, 11) is 0. The third-order valence-electron chi connectivity index (χ3n) is 5.61. The van der Waals surface area contributed by atoms with Crippen molar-refractivity contribution < 1.29 is 14.4 Å². The fourth-order valence-corrected chi connectivity index (χ4v) is 4.41. The molecular formula is C25H18BrN3O3. The molecule has 6 nitrogen and oxygen atoms in total. The molecule has 5 rings (SSSR count). The smallest absolute Gasteiger partial charge is 0.335 e. The van der Waals surface area contributed by atoms with Gasteiger partial charge in [0.2, 0.25) is 0 Å². The molecule has 0 saturated carbocycles. The van der Waals surface area contributed by atoms with Crippen LogP contribution in [0.4, 0.5) is 10.5 Å². The number of fused-ring (bicyclic) bond motifs is 3. The summed E-state index contributed by atoms with van der Waals surface area (Å²) < 4.78 is 3.05. The number of carbonyl (C=O) groups excluding carboxylic acids is 3. The second-order valence-electron chi connectivity index (χ2n) is 7.47. The quantitative estimate of drug-likeness (QED) is 0.317. The summed E-state index contributed by atoms with van der Waals surface area (Å²) in [5.41, 5.74) is 3.22. The molecular weight excluding hydrogens is 470 g/mol. The van der Waals surface area contributed by atoms with Crippen molar-refractivity contribution in [1.82, 2.24) is 9.88 Å². The van der Waals surface area contributed by atoms with Gasteiger partial charge in [-0.2, -0.15) is 0 Å². The molecule has 1 aromatic heterocycles. The van der Waals surface area contributed by atoms with Crippen LogP contribution >= 0.6 is 15.9 Å². The Balaban J connectivity index is 1.60. The normalized spacial score (nSPS) is 15.8. The highest BCUT2D eigenvalue weighted by Crippen LogP contribution is 2.31. The molecule has 32 heavy (non-hydrogen) atoms. The topological polar surface area (TPSA) is 71.4 Å². The van der Waals surface area contributed by atoms with Gasteiger partial charge < -0.3 is 4.57 Å². The monoisotopic (exact) mass is 487 g/mol. The van der Waals surface area contributed by atoms with E-state index in [0.29, 0.717) is 11.3 Å². The number of aryl methyl sites for hydroxylation is 1. The second kappa shape index (κ2) is 7.76. The molecule has 0 radical (unpaired) electrons. The molecule has 7 heteroatoms. The lowest BCUT2D eigenvalue weighted by molar-refractivity contribution is -0.122. The Labute approximate surface area is 192 Å². The largest absolute Gasteiger partial charge is 0.341 e. The minimum Gasteiger partial charge on any atom is -0.341 e. The number of carbonyl (C=O) groups is 3. The molecule has 0 spiro atoms. The number of imide groups is 2. The minimum atomic E-state index is -0.763. The standard InChI is InChI=1S/C25H18BrN3O3/c1-2-28-21-6-4-3-5-18(21)19-13-15(7-12-22(19)28)14-20-23(30)27-25(32)29(24(20)31)17-10-8-16(26)9-11-17/h3-14H,2H2,1H3,(H,27,30,32)/b20-14+. The summed E-state index contributed by atoms with van der Waals surface area (Å²) in [6.07, 6.45) is 1.54. The SMILES string of the molecule is CCn1c2ccccc2c2cc(/C=C3\C(=O)NC(=O)N(c4ccc(Br)cc4)C3=O)ccc21. The van der Waals surface area contributed by atoms with Gasteiger partial charge in [-0.05, 0) is 61.0 Å². The fourth-order valence-electron chi connectivity index (χ4n) is 4.15. The Hall–Kier alpha value is -3.71. The fraction of sp³-hybridized carbons (Fsp3) is 0.0800.